The van der Waals surface area contributed by atoms with Crippen molar-refractivity contribution >= 4 is 23.4 Å². The number of carboxylic acid groups (broad SMARTS) is 1. The average molecular weight is 294 g/mol. The molecule has 1 aromatic heterocycles. The van der Waals surface area contributed by atoms with E-state index in [1.165, 1.54) is 12.1 Å². The fraction of sp³-hybridized carbons (Fsp3) is 0.182. The number of nitrogens with zero attached hydrogens (tertiary/aromatic N) is 3. The Balaban J connectivity index is 2.23. The third kappa shape index (κ3) is 3.12. The lowest BCUT2D eigenvalue weighted by Gasteiger charge is -2.01. The van der Waals surface area contributed by atoms with Gasteiger partial charge < -0.3 is 5.11 Å². The van der Waals surface area contributed by atoms with Gasteiger partial charge in [0.2, 0.25) is 5.16 Å². The van der Waals surface area contributed by atoms with E-state index in [1.54, 1.807) is 13.0 Å². The van der Waals surface area contributed by atoms with Crippen LogP contribution in [0.2, 0.25) is 0 Å². The van der Waals surface area contributed by atoms with Crippen LogP contribution >= 0.6 is 11.8 Å². The largest absolute Gasteiger partial charge is 0.481 e. The van der Waals surface area contributed by atoms with Crippen molar-refractivity contribution in [3.05, 3.63) is 33.9 Å². The minimum absolute atomic E-state index is 0.00578. The predicted octanol–water partition coefficient (Wildman–Crippen LogP) is 1.87. The van der Waals surface area contributed by atoms with Gasteiger partial charge in [0.15, 0.2) is 5.82 Å². The van der Waals surface area contributed by atoms with Crippen LogP contribution < -0.4 is 0 Å². The van der Waals surface area contributed by atoms with Gasteiger partial charge in [0.05, 0.1) is 10.7 Å². The lowest BCUT2D eigenvalue weighted by atomic mass is 10.1. The first-order chi connectivity index (χ1) is 9.47. The molecule has 0 bridgehead atoms. The lowest BCUT2D eigenvalue weighted by molar-refractivity contribution is -0.384. The Morgan fingerprint density at radius 2 is 2.30 bits per heavy atom. The van der Waals surface area contributed by atoms with E-state index in [0.717, 1.165) is 11.8 Å². The van der Waals surface area contributed by atoms with Gasteiger partial charge in [-0.15, -0.1) is 5.10 Å². The number of aryl methyl sites for hydroxylation is 1. The van der Waals surface area contributed by atoms with Crippen LogP contribution in [0, 0.1) is 17.0 Å². The Morgan fingerprint density at radius 3 is 2.90 bits per heavy atom. The van der Waals surface area contributed by atoms with Crippen LogP contribution in [0.3, 0.4) is 0 Å². The zero-order valence-electron chi connectivity index (χ0n) is 10.4. The van der Waals surface area contributed by atoms with Crippen molar-refractivity contribution in [2.75, 3.05) is 5.75 Å². The number of aliphatic carboxylic acids is 1. The number of H-pyrrole nitrogens is 1. The third-order valence-corrected chi connectivity index (χ3v) is 3.30. The lowest BCUT2D eigenvalue weighted by Crippen LogP contribution is -1.97. The maximum absolute atomic E-state index is 10.7. The first-order valence-electron chi connectivity index (χ1n) is 5.50. The number of benzene rings is 1. The molecule has 0 amide bonds. The highest BCUT2D eigenvalue weighted by Crippen LogP contribution is 2.25. The molecule has 1 heterocycles. The molecular formula is C11H10N4O4S. The van der Waals surface area contributed by atoms with E-state index in [4.69, 9.17) is 5.11 Å². The molecule has 0 saturated carbocycles. The summed E-state index contributed by atoms with van der Waals surface area (Å²) in [6, 6.07) is 4.41. The molecule has 0 aliphatic carbocycles. The van der Waals surface area contributed by atoms with Gasteiger partial charge in [-0.3, -0.25) is 20.0 Å². The van der Waals surface area contributed by atoms with E-state index in [-0.39, 0.29) is 11.4 Å². The zero-order chi connectivity index (χ0) is 14.7. The van der Waals surface area contributed by atoms with Crippen molar-refractivity contribution < 1.29 is 14.8 Å². The Bertz CT molecular complexity index is 670. The van der Waals surface area contributed by atoms with E-state index in [0.29, 0.717) is 22.1 Å². The SMILES string of the molecule is Cc1cc([N+](=O)[O-])ccc1-c1nc(SCC(=O)O)n[nH]1. The third-order valence-electron chi connectivity index (χ3n) is 2.47. The number of aromatic nitrogens is 3. The number of hydrogen-bond acceptors (Lipinski definition) is 6. The Kier molecular flexibility index (Phi) is 3.99. The molecule has 0 spiro atoms. The molecule has 0 saturated heterocycles. The predicted molar refractivity (Wildman–Crippen MR) is 71.6 cm³/mol. The number of nitro benzene ring substituents is 1. The molecule has 0 radical (unpaired) electrons. The van der Waals surface area contributed by atoms with E-state index in [2.05, 4.69) is 15.2 Å². The van der Waals surface area contributed by atoms with Crippen molar-refractivity contribution in [1.29, 1.82) is 0 Å². The zero-order valence-corrected chi connectivity index (χ0v) is 11.2. The highest BCUT2D eigenvalue weighted by molar-refractivity contribution is 7.99. The molecule has 8 nitrogen and oxygen atoms in total. The number of hydrogen-bond donors (Lipinski definition) is 2. The highest BCUT2D eigenvalue weighted by atomic mass is 32.2. The fourth-order valence-corrected chi connectivity index (χ4v) is 2.10. The van der Waals surface area contributed by atoms with Crippen molar-refractivity contribution in [2.45, 2.75) is 12.1 Å². The second kappa shape index (κ2) is 5.70. The van der Waals surface area contributed by atoms with Gasteiger partial charge in [-0.05, 0) is 18.6 Å². The van der Waals surface area contributed by atoms with E-state index in [1.807, 2.05) is 0 Å². The van der Waals surface area contributed by atoms with Crippen molar-refractivity contribution in [3.8, 4) is 11.4 Å². The van der Waals surface area contributed by atoms with Crippen LogP contribution in [-0.2, 0) is 4.79 Å². The Labute approximate surface area is 117 Å². The molecule has 2 N–H and O–H groups in total. The summed E-state index contributed by atoms with van der Waals surface area (Å²) in [4.78, 5) is 24.8. The summed E-state index contributed by atoms with van der Waals surface area (Å²) >= 11 is 0.997. The van der Waals surface area contributed by atoms with Gasteiger partial charge >= 0.3 is 5.97 Å². The monoisotopic (exact) mass is 294 g/mol. The molecule has 9 heteroatoms. The van der Waals surface area contributed by atoms with Crippen LogP contribution in [0.15, 0.2) is 23.4 Å². The van der Waals surface area contributed by atoms with Crippen LogP contribution in [0.5, 0.6) is 0 Å². The number of non-ortho nitro benzene ring substituents is 1. The molecule has 2 rings (SSSR count). The minimum atomic E-state index is -0.951. The maximum Gasteiger partial charge on any atom is 0.313 e. The Morgan fingerprint density at radius 1 is 1.55 bits per heavy atom. The summed E-state index contributed by atoms with van der Waals surface area (Å²) in [7, 11) is 0. The number of rotatable bonds is 5. The smallest absolute Gasteiger partial charge is 0.313 e. The summed E-state index contributed by atoms with van der Waals surface area (Å²) in [5, 5.41) is 26.1. The standard InChI is InChI=1S/C11H10N4O4S/c1-6-4-7(15(18)19)2-3-8(6)10-12-11(14-13-10)20-5-9(16)17/h2-4H,5H2,1H3,(H,16,17)(H,12,13,14). The van der Waals surface area contributed by atoms with E-state index < -0.39 is 10.9 Å². The fourth-order valence-electron chi connectivity index (χ4n) is 1.58. The molecule has 2 aromatic rings. The molecule has 20 heavy (non-hydrogen) atoms. The molecule has 0 atom stereocenters. The van der Waals surface area contributed by atoms with Gasteiger partial charge in [0, 0.05) is 17.7 Å². The van der Waals surface area contributed by atoms with Crippen molar-refractivity contribution in [1.82, 2.24) is 15.2 Å². The summed E-state index contributed by atoms with van der Waals surface area (Å²) in [6.07, 6.45) is 0. The second-order valence-electron chi connectivity index (χ2n) is 3.91. The number of nitro groups is 1. The summed E-state index contributed by atoms with van der Waals surface area (Å²) < 4.78 is 0. The minimum Gasteiger partial charge on any atom is -0.481 e. The number of thioether (sulfide) groups is 1. The van der Waals surface area contributed by atoms with Crippen LogP contribution in [0.25, 0.3) is 11.4 Å². The van der Waals surface area contributed by atoms with Gasteiger partial charge in [-0.25, -0.2) is 4.98 Å². The van der Waals surface area contributed by atoms with Gasteiger partial charge in [0.1, 0.15) is 0 Å². The van der Waals surface area contributed by atoms with Gasteiger partial charge in [-0.2, -0.15) is 0 Å². The van der Waals surface area contributed by atoms with Gasteiger partial charge in [-0.1, -0.05) is 11.8 Å². The van der Waals surface area contributed by atoms with Crippen molar-refractivity contribution in [3.63, 3.8) is 0 Å². The number of aromatic amines is 1. The second-order valence-corrected chi connectivity index (χ2v) is 4.85. The van der Waals surface area contributed by atoms with Crippen molar-refractivity contribution in [2.24, 2.45) is 0 Å². The summed E-state index contributed by atoms with van der Waals surface area (Å²) in [6.45, 7) is 1.73. The van der Waals surface area contributed by atoms with Crippen LogP contribution in [0.4, 0.5) is 5.69 Å². The topological polar surface area (TPSA) is 122 Å². The average Bonchev–Trinajstić information content (AvgIpc) is 2.84. The Hall–Kier alpha value is -2.42. The van der Waals surface area contributed by atoms with Crippen LogP contribution in [0.1, 0.15) is 5.56 Å². The quantitative estimate of drug-likeness (QED) is 0.490. The van der Waals surface area contributed by atoms with Gasteiger partial charge in [0.25, 0.3) is 5.69 Å². The normalized spacial score (nSPS) is 10.4. The molecule has 0 fully saturated rings. The number of carbonyl (C=O) groups is 1. The molecule has 104 valence electrons. The molecule has 1 aromatic carbocycles. The summed E-state index contributed by atoms with van der Waals surface area (Å²) in [5.74, 6) is -0.630. The number of carboxylic acids is 1. The van der Waals surface area contributed by atoms with E-state index >= 15 is 0 Å². The maximum atomic E-state index is 10.7. The summed E-state index contributed by atoms with van der Waals surface area (Å²) in [5.41, 5.74) is 1.38. The molecule has 0 unspecified atom stereocenters. The first-order valence-corrected chi connectivity index (χ1v) is 6.48. The highest BCUT2D eigenvalue weighted by Gasteiger charge is 2.13. The molecular weight excluding hydrogens is 284 g/mol. The number of nitrogens with one attached hydrogen (secondary N) is 1. The van der Waals surface area contributed by atoms with Crippen LogP contribution in [-0.4, -0.2) is 36.9 Å². The van der Waals surface area contributed by atoms with E-state index in [9.17, 15) is 14.9 Å². The molecule has 0 aliphatic heterocycles. The first kappa shape index (κ1) is 14.0. The molecule has 0 aliphatic rings.